The Hall–Kier alpha value is -1.62. The Morgan fingerprint density at radius 1 is 1.64 bits per heavy atom. The Morgan fingerprint density at radius 2 is 2.50 bits per heavy atom. The number of nitrogens with zero attached hydrogens (tertiary/aromatic N) is 2. The van der Waals surface area contributed by atoms with Crippen LogP contribution in [0.15, 0.2) is 29.9 Å². The van der Waals surface area contributed by atoms with Crippen LogP contribution in [-0.4, -0.2) is 15.5 Å². The van der Waals surface area contributed by atoms with E-state index in [9.17, 15) is 4.79 Å². The van der Waals surface area contributed by atoms with Gasteiger partial charge in [-0.2, -0.15) is 0 Å². The number of carbonyl (C=O) groups is 1. The largest absolute Gasteiger partial charge is 0.320 e. The van der Waals surface area contributed by atoms with Crippen molar-refractivity contribution in [1.29, 1.82) is 0 Å². The van der Waals surface area contributed by atoms with Crippen LogP contribution in [0, 0.1) is 0 Å². The Kier molecular flexibility index (Phi) is 2.32. The Morgan fingerprint density at radius 3 is 3.07 bits per heavy atom. The van der Waals surface area contributed by atoms with E-state index in [1.54, 1.807) is 23.0 Å². The van der Waals surface area contributed by atoms with E-state index in [4.69, 9.17) is 0 Å². The van der Waals surface area contributed by atoms with Gasteiger partial charge in [-0.25, -0.2) is 4.98 Å². The third-order valence-corrected chi connectivity index (χ3v) is 2.66. The topological polar surface area (TPSA) is 46.9 Å². The molecule has 14 heavy (non-hydrogen) atoms. The van der Waals surface area contributed by atoms with Crippen LogP contribution in [0.3, 0.4) is 0 Å². The van der Waals surface area contributed by atoms with Gasteiger partial charge >= 0.3 is 0 Å². The summed E-state index contributed by atoms with van der Waals surface area (Å²) in [5.74, 6) is 0.442. The summed E-state index contributed by atoms with van der Waals surface area (Å²) in [4.78, 5) is 16.3. The van der Waals surface area contributed by atoms with Crippen LogP contribution < -0.4 is 5.32 Å². The van der Waals surface area contributed by atoms with Crippen LogP contribution in [0.25, 0.3) is 0 Å². The molecule has 2 rings (SSSR count). The first-order chi connectivity index (χ1) is 6.77. The van der Waals surface area contributed by atoms with E-state index >= 15 is 0 Å². The number of aromatic nitrogens is 2. The lowest BCUT2D eigenvalue weighted by Crippen LogP contribution is -2.13. The van der Waals surface area contributed by atoms with E-state index in [-0.39, 0.29) is 5.91 Å². The standard InChI is InChI=1S/C9H9N3OS/c1-12-5-4-10-9(12)11-8(13)7-3-2-6-14-7/h2-6H,1H3,(H,10,11,13). The molecular formula is C9H9N3OS. The highest BCUT2D eigenvalue weighted by molar-refractivity contribution is 7.12. The number of imidazole rings is 1. The van der Waals surface area contributed by atoms with Crippen molar-refractivity contribution in [3.8, 4) is 0 Å². The van der Waals surface area contributed by atoms with Gasteiger partial charge < -0.3 is 4.57 Å². The lowest BCUT2D eigenvalue weighted by molar-refractivity contribution is 0.102. The predicted octanol–water partition coefficient (Wildman–Crippen LogP) is 1.73. The van der Waals surface area contributed by atoms with E-state index in [1.165, 1.54) is 11.3 Å². The Labute approximate surface area is 85.2 Å². The van der Waals surface area contributed by atoms with Crippen LogP contribution in [-0.2, 0) is 7.05 Å². The summed E-state index contributed by atoms with van der Waals surface area (Å²) in [5, 5.41) is 4.58. The molecule has 0 aliphatic rings. The highest BCUT2D eigenvalue weighted by Crippen LogP contribution is 2.11. The van der Waals surface area contributed by atoms with Crippen molar-refractivity contribution in [2.75, 3.05) is 5.32 Å². The highest BCUT2D eigenvalue weighted by atomic mass is 32.1. The van der Waals surface area contributed by atoms with E-state index in [2.05, 4.69) is 10.3 Å². The van der Waals surface area contributed by atoms with Crippen LogP contribution in [0.5, 0.6) is 0 Å². The molecule has 1 N–H and O–H groups in total. The highest BCUT2D eigenvalue weighted by Gasteiger charge is 2.08. The van der Waals surface area contributed by atoms with Crippen molar-refractivity contribution in [2.24, 2.45) is 7.05 Å². The molecule has 0 radical (unpaired) electrons. The van der Waals surface area contributed by atoms with Crippen molar-refractivity contribution in [3.63, 3.8) is 0 Å². The molecule has 0 aliphatic carbocycles. The first kappa shape index (κ1) is 8.96. The smallest absolute Gasteiger partial charge is 0.268 e. The molecule has 0 spiro atoms. The summed E-state index contributed by atoms with van der Waals surface area (Å²) in [7, 11) is 1.83. The molecule has 0 aromatic carbocycles. The van der Waals surface area contributed by atoms with Crippen molar-refractivity contribution in [3.05, 3.63) is 34.8 Å². The van der Waals surface area contributed by atoms with Gasteiger partial charge in [0, 0.05) is 19.4 Å². The predicted molar refractivity (Wildman–Crippen MR) is 55.5 cm³/mol. The molecule has 0 saturated carbocycles. The number of rotatable bonds is 2. The maximum atomic E-state index is 11.6. The number of hydrogen-bond acceptors (Lipinski definition) is 3. The zero-order valence-corrected chi connectivity index (χ0v) is 8.41. The second kappa shape index (κ2) is 3.63. The molecule has 0 saturated heterocycles. The lowest BCUT2D eigenvalue weighted by Gasteiger charge is -2.01. The second-order valence-corrected chi connectivity index (χ2v) is 3.74. The number of amides is 1. The fourth-order valence-corrected chi connectivity index (χ4v) is 1.68. The zero-order chi connectivity index (χ0) is 9.97. The van der Waals surface area contributed by atoms with Gasteiger partial charge in [-0.15, -0.1) is 11.3 Å². The first-order valence-corrected chi connectivity index (χ1v) is 4.97. The molecule has 0 atom stereocenters. The quantitative estimate of drug-likeness (QED) is 0.815. The maximum absolute atomic E-state index is 11.6. The number of hydrogen-bond donors (Lipinski definition) is 1. The fraction of sp³-hybridized carbons (Fsp3) is 0.111. The number of aryl methyl sites for hydroxylation is 1. The second-order valence-electron chi connectivity index (χ2n) is 2.79. The van der Waals surface area contributed by atoms with Gasteiger partial charge in [0.2, 0.25) is 5.95 Å². The molecule has 2 aromatic heterocycles. The van der Waals surface area contributed by atoms with Crippen LogP contribution in [0.4, 0.5) is 5.95 Å². The SMILES string of the molecule is Cn1ccnc1NC(=O)c1cccs1. The fourth-order valence-electron chi connectivity index (χ4n) is 1.06. The summed E-state index contributed by atoms with van der Waals surface area (Å²) in [5.41, 5.74) is 0. The molecule has 0 fully saturated rings. The summed E-state index contributed by atoms with van der Waals surface area (Å²) < 4.78 is 1.76. The van der Waals surface area contributed by atoms with Gasteiger partial charge in [-0.05, 0) is 11.4 Å². The molecule has 1 amide bonds. The maximum Gasteiger partial charge on any atom is 0.268 e. The summed E-state index contributed by atoms with van der Waals surface area (Å²) in [6.45, 7) is 0. The Bertz CT molecular complexity index is 433. The number of thiophene rings is 1. The van der Waals surface area contributed by atoms with Gasteiger partial charge in [0.1, 0.15) is 0 Å². The van der Waals surface area contributed by atoms with E-state index in [0.717, 1.165) is 0 Å². The molecule has 4 nitrogen and oxygen atoms in total. The van der Waals surface area contributed by atoms with Crippen LogP contribution in [0.2, 0.25) is 0 Å². The van der Waals surface area contributed by atoms with Crippen molar-refractivity contribution >= 4 is 23.2 Å². The number of anilines is 1. The average Bonchev–Trinajstić information content (AvgIpc) is 2.77. The van der Waals surface area contributed by atoms with Crippen LogP contribution >= 0.6 is 11.3 Å². The number of nitrogens with one attached hydrogen (secondary N) is 1. The molecule has 2 heterocycles. The summed E-state index contributed by atoms with van der Waals surface area (Å²) in [6.07, 6.45) is 3.42. The minimum Gasteiger partial charge on any atom is -0.320 e. The molecule has 2 aromatic rings. The van der Waals surface area contributed by atoms with Crippen molar-refractivity contribution in [2.45, 2.75) is 0 Å². The molecule has 0 bridgehead atoms. The molecule has 0 unspecified atom stereocenters. The van der Waals surface area contributed by atoms with E-state index < -0.39 is 0 Å². The van der Waals surface area contributed by atoms with Gasteiger partial charge in [-0.1, -0.05) is 6.07 Å². The van der Waals surface area contributed by atoms with Crippen molar-refractivity contribution in [1.82, 2.24) is 9.55 Å². The van der Waals surface area contributed by atoms with Gasteiger partial charge in [0.25, 0.3) is 5.91 Å². The van der Waals surface area contributed by atoms with Gasteiger partial charge in [0.05, 0.1) is 4.88 Å². The lowest BCUT2D eigenvalue weighted by atomic mass is 10.4. The van der Waals surface area contributed by atoms with Gasteiger partial charge in [-0.3, -0.25) is 10.1 Å². The minimum atomic E-state index is -0.116. The molecule has 0 aliphatic heterocycles. The number of carbonyl (C=O) groups excluding carboxylic acids is 1. The minimum absolute atomic E-state index is 0.116. The molecular weight excluding hydrogens is 198 g/mol. The molecule has 5 heteroatoms. The third kappa shape index (κ3) is 1.67. The third-order valence-electron chi connectivity index (χ3n) is 1.79. The monoisotopic (exact) mass is 207 g/mol. The summed E-state index contributed by atoms with van der Waals surface area (Å²) >= 11 is 1.41. The average molecular weight is 207 g/mol. The zero-order valence-electron chi connectivity index (χ0n) is 7.60. The van der Waals surface area contributed by atoms with E-state index in [0.29, 0.717) is 10.8 Å². The summed E-state index contributed by atoms with van der Waals surface area (Å²) in [6, 6.07) is 3.63. The van der Waals surface area contributed by atoms with Gasteiger partial charge in [0.15, 0.2) is 0 Å². The Balaban J connectivity index is 2.13. The van der Waals surface area contributed by atoms with E-state index in [1.807, 2.05) is 18.5 Å². The van der Waals surface area contributed by atoms with Crippen LogP contribution in [0.1, 0.15) is 9.67 Å². The molecule has 72 valence electrons. The first-order valence-electron chi connectivity index (χ1n) is 4.09. The van der Waals surface area contributed by atoms with Crippen molar-refractivity contribution < 1.29 is 4.79 Å². The normalized spacial score (nSPS) is 10.1.